The molecule has 0 saturated carbocycles. The number of hydrogen-bond donors (Lipinski definition) is 1. The molecule has 1 saturated heterocycles. The molecule has 3 rings (SSSR count). The maximum absolute atomic E-state index is 12.4. The van der Waals surface area contributed by atoms with E-state index in [2.05, 4.69) is 36.1 Å². The predicted molar refractivity (Wildman–Crippen MR) is 107 cm³/mol. The fourth-order valence-corrected chi connectivity index (χ4v) is 3.15. The van der Waals surface area contributed by atoms with Gasteiger partial charge in [-0.25, -0.2) is 0 Å². The van der Waals surface area contributed by atoms with Crippen LogP contribution in [-0.4, -0.2) is 54.1 Å². The molecule has 0 unspecified atom stereocenters. The second-order valence-electron chi connectivity index (χ2n) is 6.85. The molecule has 2 aromatic rings. The maximum Gasteiger partial charge on any atom is 0.246 e. The molecule has 142 valence electrons. The highest BCUT2D eigenvalue weighted by Crippen LogP contribution is 2.26. The van der Waals surface area contributed by atoms with Gasteiger partial charge in [0.15, 0.2) is 11.5 Å². The number of amides is 1. The van der Waals surface area contributed by atoms with E-state index in [-0.39, 0.29) is 11.7 Å². The van der Waals surface area contributed by atoms with Gasteiger partial charge in [0.2, 0.25) is 5.91 Å². The maximum atomic E-state index is 12.4. The van der Waals surface area contributed by atoms with E-state index in [0.29, 0.717) is 5.75 Å². The number of aromatic hydroxyl groups is 1. The highest BCUT2D eigenvalue weighted by Gasteiger charge is 2.19. The van der Waals surface area contributed by atoms with Crippen LogP contribution >= 0.6 is 0 Å². The third-order valence-corrected chi connectivity index (χ3v) is 4.83. The van der Waals surface area contributed by atoms with Crippen molar-refractivity contribution >= 4 is 12.0 Å². The zero-order valence-electron chi connectivity index (χ0n) is 15.9. The molecule has 1 amide bonds. The molecular weight excluding hydrogens is 340 g/mol. The Hall–Kier alpha value is -2.79. The van der Waals surface area contributed by atoms with Gasteiger partial charge in [0, 0.05) is 38.8 Å². The van der Waals surface area contributed by atoms with Crippen LogP contribution in [0, 0.1) is 6.92 Å². The van der Waals surface area contributed by atoms with Crippen molar-refractivity contribution in [3.05, 3.63) is 65.2 Å². The van der Waals surface area contributed by atoms with Gasteiger partial charge in [0.1, 0.15) is 0 Å². The summed E-state index contributed by atoms with van der Waals surface area (Å²) in [6, 6.07) is 13.6. The van der Waals surface area contributed by atoms with Gasteiger partial charge in [-0.3, -0.25) is 9.69 Å². The van der Waals surface area contributed by atoms with Crippen molar-refractivity contribution in [2.24, 2.45) is 0 Å². The normalized spacial score (nSPS) is 15.3. The Labute approximate surface area is 160 Å². The second kappa shape index (κ2) is 8.73. The van der Waals surface area contributed by atoms with Crippen LogP contribution in [0.2, 0.25) is 0 Å². The van der Waals surface area contributed by atoms with Crippen LogP contribution in [0.3, 0.4) is 0 Å². The SMILES string of the molecule is COc1cc(/C=C/C(=O)N2CCN(Cc3ccc(C)cc3)CC2)ccc1O. The zero-order valence-corrected chi connectivity index (χ0v) is 15.9. The van der Waals surface area contributed by atoms with E-state index in [1.165, 1.54) is 18.2 Å². The smallest absolute Gasteiger partial charge is 0.246 e. The topological polar surface area (TPSA) is 53.0 Å². The minimum Gasteiger partial charge on any atom is -0.504 e. The molecule has 5 nitrogen and oxygen atoms in total. The van der Waals surface area contributed by atoms with Crippen LogP contribution in [0.15, 0.2) is 48.5 Å². The Balaban J connectivity index is 1.51. The minimum atomic E-state index is 0.0111. The van der Waals surface area contributed by atoms with E-state index in [9.17, 15) is 9.90 Å². The van der Waals surface area contributed by atoms with Gasteiger partial charge < -0.3 is 14.7 Å². The van der Waals surface area contributed by atoms with Crippen LogP contribution in [0.25, 0.3) is 6.08 Å². The van der Waals surface area contributed by atoms with Crippen molar-refractivity contribution in [3.63, 3.8) is 0 Å². The summed E-state index contributed by atoms with van der Waals surface area (Å²) in [5.41, 5.74) is 3.39. The summed E-state index contributed by atoms with van der Waals surface area (Å²) in [7, 11) is 1.50. The summed E-state index contributed by atoms with van der Waals surface area (Å²) in [4.78, 5) is 16.7. The average molecular weight is 366 g/mol. The van der Waals surface area contributed by atoms with Crippen LogP contribution in [0.5, 0.6) is 11.5 Å². The molecule has 0 bridgehead atoms. The van der Waals surface area contributed by atoms with Crippen molar-refractivity contribution < 1.29 is 14.6 Å². The van der Waals surface area contributed by atoms with E-state index >= 15 is 0 Å². The number of carbonyl (C=O) groups is 1. The monoisotopic (exact) mass is 366 g/mol. The highest BCUT2D eigenvalue weighted by molar-refractivity contribution is 5.92. The lowest BCUT2D eigenvalue weighted by Crippen LogP contribution is -2.47. The Morgan fingerprint density at radius 2 is 1.81 bits per heavy atom. The summed E-state index contributed by atoms with van der Waals surface area (Å²) >= 11 is 0. The van der Waals surface area contributed by atoms with Crippen LogP contribution in [-0.2, 0) is 11.3 Å². The molecule has 0 radical (unpaired) electrons. The number of carbonyl (C=O) groups excluding carboxylic acids is 1. The number of aryl methyl sites for hydroxylation is 1. The number of rotatable bonds is 5. The minimum absolute atomic E-state index is 0.0111. The first-order valence-corrected chi connectivity index (χ1v) is 9.17. The first-order valence-electron chi connectivity index (χ1n) is 9.17. The number of phenolic OH excluding ortho intramolecular Hbond substituents is 1. The van der Waals surface area contributed by atoms with Gasteiger partial charge in [-0.15, -0.1) is 0 Å². The molecule has 5 heteroatoms. The van der Waals surface area contributed by atoms with Gasteiger partial charge in [-0.05, 0) is 36.3 Å². The fourth-order valence-electron chi connectivity index (χ4n) is 3.15. The lowest BCUT2D eigenvalue weighted by atomic mass is 10.1. The van der Waals surface area contributed by atoms with Crippen LogP contribution in [0.1, 0.15) is 16.7 Å². The second-order valence-corrected chi connectivity index (χ2v) is 6.85. The zero-order chi connectivity index (χ0) is 19.2. The largest absolute Gasteiger partial charge is 0.504 e. The molecule has 1 fully saturated rings. The van der Waals surface area contributed by atoms with E-state index in [0.717, 1.165) is 38.3 Å². The molecule has 27 heavy (non-hydrogen) atoms. The number of piperazine rings is 1. The molecule has 1 aliphatic rings. The number of phenols is 1. The average Bonchev–Trinajstić information content (AvgIpc) is 2.69. The third-order valence-electron chi connectivity index (χ3n) is 4.83. The standard InChI is InChI=1S/C22H26N2O3/c1-17-3-5-19(6-4-17)16-23-11-13-24(14-12-23)22(26)10-8-18-7-9-20(25)21(15-18)27-2/h3-10,15,25H,11-14,16H2,1-2H3/b10-8+. The van der Waals surface area contributed by atoms with Crippen molar-refractivity contribution in [1.82, 2.24) is 9.80 Å². The van der Waals surface area contributed by atoms with E-state index in [1.807, 2.05) is 4.90 Å². The van der Waals surface area contributed by atoms with Crippen molar-refractivity contribution in [3.8, 4) is 11.5 Å². The van der Waals surface area contributed by atoms with Gasteiger partial charge in [0.05, 0.1) is 7.11 Å². The van der Waals surface area contributed by atoms with E-state index < -0.39 is 0 Å². The molecule has 1 aliphatic heterocycles. The van der Waals surface area contributed by atoms with Gasteiger partial charge in [-0.2, -0.15) is 0 Å². The number of ether oxygens (including phenoxy) is 1. The number of hydrogen-bond acceptors (Lipinski definition) is 4. The highest BCUT2D eigenvalue weighted by atomic mass is 16.5. The van der Waals surface area contributed by atoms with Crippen molar-refractivity contribution in [2.45, 2.75) is 13.5 Å². The van der Waals surface area contributed by atoms with E-state index in [1.54, 1.807) is 30.4 Å². The summed E-state index contributed by atoms with van der Waals surface area (Å²) in [5.74, 6) is 0.497. The third kappa shape index (κ3) is 5.11. The number of benzene rings is 2. The molecule has 0 spiro atoms. The molecule has 2 aromatic carbocycles. The summed E-state index contributed by atoms with van der Waals surface area (Å²) in [6.07, 6.45) is 3.34. The lowest BCUT2D eigenvalue weighted by molar-refractivity contribution is -0.127. The summed E-state index contributed by atoms with van der Waals surface area (Å²) in [5, 5.41) is 9.63. The van der Waals surface area contributed by atoms with Gasteiger partial charge in [0.25, 0.3) is 0 Å². The van der Waals surface area contributed by atoms with Crippen LogP contribution < -0.4 is 4.74 Å². The van der Waals surface area contributed by atoms with E-state index in [4.69, 9.17) is 4.74 Å². The van der Waals surface area contributed by atoms with Crippen molar-refractivity contribution in [1.29, 1.82) is 0 Å². The molecule has 0 atom stereocenters. The Morgan fingerprint density at radius 1 is 1.11 bits per heavy atom. The lowest BCUT2D eigenvalue weighted by Gasteiger charge is -2.34. The van der Waals surface area contributed by atoms with Gasteiger partial charge in [-0.1, -0.05) is 35.9 Å². The molecule has 0 aromatic heterocycles. The molecule has 1 heterocycles. The molecule has 1 N–H and O–H groups in total. The Morgan fingerprint density at radius 3 is 2.48 bits per heavy atom. The molecular formula is C22H26N2O3. The Bertz CT molecular complexity index is 807. The fraction of sp³-hybridized carbons (Fsp3) is 0.318. The first kappa shape index (κ1) is 19.0. The summed E-state index contributed by atoms with van der Waals surface area (Å²) < 4.78 is 5.09. The van der Waals surface area contributed by atoms with Gasteiger partial charge >= 0.3 is 0 Å². The molecule has 0 aliphatic carbocycles. The Kier molecular flexibility index (Phi) is 6.14. The predicted octanol–water partition coefficient (Wildman–Crippen LogP) is 3.07. The quantitative estimate of drug-likeness (QED) is 0.827. The van der Waals surface area contributed by atoms with Crippen molar-refractivity contribution in [2.75, 3.05) is 33.3 Å². The van der Waals surface area contributed by atoms with Crippen LogP contribution in [0.4, 0.5) is 0 Å². The number of methoxy groups -OCH3 is 1. The number of nitrogens with zero attached hydrogens (tertiary/aromatic N) is 2. The summed E-state index contributed by atoms with van der Waals surface area (Å²) in [6.45, 7) is 6.23. The first-order chi connectivity index (χ1) is 13.0.